The first-order valence-electron chi connectivity index (χ1n) is 3.59. The van der Waals surface area contributed by atoms with Crippen LogP contribution in [-0.4, -0.2) is 12.9 Å². The lowest BCUT2D eigenvalue weighted by Gasteiger charge is -1.96. The third-order valence-electron chi connectivity index (χ3n) is 1.58. The summed E-state index contributed by atoms with van der Waals surface area (Å²) in [6, 6.07) is 0. The van der Waals surface area contributed by atoms with Crippen LogP contribution in [0.1, 0.15) is 6.42 Å². The topological polar surface area (TPSA) is 9.23 Å². The van der Waals surface area contributed by atoms with E-state index in [1.807, 2.05) is 18.2 Å². The van der Waals surface area contributed by atoms with Crippen molar-refractivity contribution in [2.24, 2.45) is 0 Å². The van der Waals surface area contributed by atoms with Crippen molar-refractivity contribution in [2.45, 2.75) is 6.42 Å². The Hall–Kier alpha value is -0.630. The van der Waals surface area contributed by atoms with Gasteiger partial charge in [0.25, 0.3) is 0 Å². The summed E-state index contributed by atoms with van der Waals surface area (Å²) in [5, 5.41) is 0. The van der Waals surface area contributed by atoms with E-state index in [0.717, 1.165) is 17.9 Å². The normalized spacial score (nSPS) is 16.9. The highest BCUT2D eigenvalue weighted by molar-refractivity contribution is 7.80. The van der Waals surface area contributed by atoms with Gasteiger partial charge in [-0.15, -0.1) is 0 Å². The van der Waals surface area contributed by atoms with Crippen LogP contribution in [0.5, 0.6) is 0 Å². The maximum Gasteiger partial charge on any atom is 0.115 e. The molecule has 60 valence electrons. The Morgan fingerprint density at radius 1 is 1.45 bits per heavy atom. The van der Waals surface area contributed by atoms with E-state index in [0.29, 0.717) is 0 Å². The summed E-state index contributed by atoms with van der Waals surface area (Å²) in [4.78, 5) is 0. The summed E-state index contributed by atoms with van der Waals surface area (Å²) in [5.41, 5.74) is 1.25. The second kappa shape index (κ2) is 4.29. The van der Waals surface area contributed by atoms with Crippen molar-refractivity contribution in [1.82, 2.24) is 0 Å². The molecule has 0 N–H and O–H groups in total. The Balaban J connectivity index is 2.66. The highest BCUT2D eigenvalue weighted by atomic mass is 32.1. The second-order valence-corrected chi connectivity index (χ2v) is 2.63. The molecule has 2 heteroatoms. The third kappa shape index (κ3) is 2.46. The summed E-state index contributed by atoms with van der Waals surface area (Å²) in [6.45, 7) is 0. The van der Waals surface area contributed by atoms with Gasteiger partial charge in [-0.05, 0) is 24.1 Å². The van der Waals surface area contributed by atoms with E-state index in [1.54, 1.807) is 7.11 Å². The van der Waals surface area contributed by atoms with E-state index in [4.69, 9.17) is 4.74 Å². The molecule has 1 aliphatic rings. The predicted molar refractivity (Wildman–Crippen MR) is 50.8 cm³/mol. The van der Waals surface area contributed by atoms with Gasteiger partial charge in [-0.25, -0.2) is 0 Å². The van der Waals surface area contributed by atoms with Crippen LogP contribution in [0, 0.1) is 0 Å². The third-order valence-corrected chi connectivity index (χ3v) is 1.94. The molecule has 1 aliphatic carbocycles. The Kier molecular flexibility index (Phi) is 3.30. The minimum atomic E-state index is 0.793. The van der Waals surface area contributed by atoms with E-state index < -0.39 is 0 Å². The van der Waals surface area contributed by atoms with Crippen LogP contribution in [0.4, 0.5) is 0 Å². The number of thiol groups is 1. The van der Waals surface area contributed by atoms with Crippen LogP contribution in [0.15, 0.2) is 35.6 Å². The van der Waals surface area contributed by atoms with Crippen molar-refractivity contribution in [3.8, 4) is 0 Å². The molecule has 0 radical (unpaired) electrons. The fourth-order valence-electron chi connectivity index (χ4n) is 0.920. The molecule has 0 aromatic carbocycles. The van der Waals surface area contributed by atoms with Gasteiger partial charge in [0.2, 0.25) is 0 Å². The molecule has 0 saturated carbocycles. The van der Waals surface area contributed by atoms with Gasteiger partial charge in [-0.2, -0.15) is 12.6 Å². The maximum atomic E-state index is 5.08. The molecule has 11 heavy (non-hydrogen) atoms. The lowest BCUT2D eigenvalue weighted by Crippen LogP contribution is -1.79. The van der Waals surface area contributed by atoms with Crippen LogP contribution in [0.25, 0.3) is 0 Å². The minimum absolute atomic E-state index is 0.793. The minimum Gasteiger partial charge on any atom is -0.497 e. The fraction of sp³-hybridized carbons (Fsp3) is 0.333. The van der Waals surface area contributed by atoms with Gasteiger partial charge in [0, 0.05) is 5.75 Å². The molecule has 0 aliphatic heterocycles. The van der Waals surface area contributed by atoms with Gasteiger partial charge >= 0.3 is 0 Å². The smallest absolute Gasteiger partial charge is 0.115 e. The van der Waals surface area contributed by atoms with Gasteiger partial charge in [0.15, 0.2) is 0 Å². The SMILES string of the molecule is COC1=CCC=C(CS)C=C1. The molecule has 0 bridgehead atoms. The van der Waals surface area contributed by atoms with E-state index in [2.05, 4.69) is 18.7 Å². The molecule has 1 rings (SSSR count). The van der Waals surface area contributed by atoms with Crippen LogP contribution in [-0.2, 0) is 4.74 Å². The van der Waals surface area contributed by atoms with Gasteiger partial charge in [-0.1, -0.05) is 12.2 Å². The monoisotopic (exact) mass is 168 g/mol. The molecular formula is C9H12OS. The number of allylic oxidation sites excluding steroid dienone is 4. The molecule has 0 amide bonds. The zero-order valence-electron chi connectivity index (χ0n) is 6.58. The quantitative estimate of drug-likeness (QED) is 0.623. The lowest BCUT2D eigenvalue weighted by atomic mass is 10.2. The Bertz CT molecular complexity index is 192. The predicted octanol–water partition coefficient (Wildman–Crippen LogP) is 2.33. The number of hydrogen-bond acceptors (Lipinski definition) is 2. The second-order valence-electron chi connectivity index (χ2n) is 2.32. The number of ether oxygens (including phenoxy) is 1. The first kappa shape index (κ1) is 8.47. The van der Waals surface area contributed by atoms with Gasteiger partial charge in [0.05, 0.1) is 7.11 Å². The zero-order valence-corrected chi connectivity index (χ0v) is 7.47. The van der Waals surface area contributed by atoms with Crippen LogP contribution in [0.3, 0.4) is 0 Å². The van der Waals surface area contributed by atoms with Crippen molar-refractivity contribution < 1.29 is 4.74 Å². The van der Waals surface area contributed by atoms with E-state index in [1.165, 1.54) is 5.57 Å². The standard InChI is InChI=1S/C9H12OS/c1-10-9-4-2-3-8(7-11)5-6-9/h3-6,11H,2,7H2,1H3. The number of rotatable bonds is 2. The Morgan fingerprint density at radius 2 is 2.27 bits per heavy atom. The lowest BCUT2D eigenvalue weighted by molar-refractivity contribution is 0.306. The molecule has 0 heterocycles. The molecule has 0 aromatic rings. The molecule has 0 unspecified atom stereocenters. The van der Waals surface area contributed by atoms with Crippen molar-refractivity contribution >= 4 is 12.6 Å². The molecular weight excluding hydrogens is 156 g/mol. The summed E-state index contributed by atoms with van der Waals surface area (Å²) in [6.07, 6.45) is 9.14. The first-order chi connectivity index (χ1) is 5.36. The van der Waals surface area contributed by atoms with Crippen LogP contribution in [0.2, 0.25) is 0 Å². The molecule has 0 fully saturated rings. The molecule has 0 atom stereocenters. The molecule has 1 nitrogen and oxygen atoms in total. The number of hydrogen-bond donors (Lipinski definition) is 1. The summed E-state index contributed by atoms with van der Waals surface area (Å²) >= 11 is 4.19. The Labute approximate surface area is 72.9 Å². The molecule has 0 aromatic heterocycles. The zero-order chi connectivity index (χ0) is 8.10. The van der Waals surface area contributed by atoms with E-state index in [9.17, 15) is 0 Å². The fourth-order valence-corrected chi connectivity index (χ4v) is 1.15. The van der Waals surface area contributed by atoms with Crippen molar-refractivity contribution in [2.75, 3.05) is 12.9 Å². The average molecular weight is 168 g/mol. The first-order valence-corrected chi connectivity index (χ1v) is 4.22. The van der Waals surface area contributed by atoms with Crippen LogP contribution >= 0.6 is 12.6 Å². The van der Waals surface area contributed by atoms with Crippen LogP contribution < -0.4 is 0 Å². The maximum absolute atomic E-state index is 5.08. The van der Waals surface area contributed by atoms with E-state index >= 15 is 0 Å². The van der Waals surface area contributed by atoms with Crippen molar-refractivity contribution in [3.05, 3.63) is 35.6 Å². The van der Waals surface area contributed by atoms with E-state index in [-0.39, 0.29) is 0 Å². The average Bonchev–Trinajstić information content (AvgIpc) is 2.28. The summed E-state index contributed by atoms with van der Waals surface area (Å²) in [5.74, 6) is 1.72. The van der Waals surface area contributed by atoms with Gasteiger partial charge in [0.1, 0.15) is 5.76 Å². The van der Waals surface area contributed by atoms with Gasteiger partial charge < -0.3 is 4.74 Å². The highest BCUT2D eigenvalue weighted by Crippen LogP contribution is 2.11. The van der Waals surface area contributed by atoms with Crippen molar-refractivity contribution in [3.63, 3.8) is 0 Å². The Morgan fingerprint density at radius 3 is 2.91 bits per heavy atom. The molecule has 0 saturated heterocycles. The highest BCUT2D eigenvalue weighted by Gasteiger charge is 1.95. The van der Waals surface area contributed by atoms with Gasteiger partial charge in [-0.3, -0.25) is 0 Å². The summed E-state index contributed by atoms with van der Waals surface area (Å²) < 4.78 is 5.08. The summed E-state index contributed by atoms with van der Waals surface area (Å²) in [7, 11) is 1.68. The largest absolute Gasteiger partial charge is 0.497 e. The van der Waals surface area contributed by atoms with Crippen molar-refractivity contribution in [1.29, 1.82) is 0 Å². The number of methoxy groups -OCH3 is 1. The molecule has 0 spiro atoms.